The molecule has 5 nitrogen and oxygen atoms in total. The summed E-state index contributed by atoms with van der Waals surface area (Å²) < 4.78 is 43.3. The van der Waals surface area contributed by atoms with Gasteiger partial charge in [-0.25, -0.2) is 9.78 Å². The molecule has 26 heavy (non-hydrogen) atoms. The lowest BCUT2D eigenvalue weighted by Gasteiger charge is -2.29. The second-order valence-corrected chi connectivity index (χ2v) is 6.61. The van der Waals surface area contributed by atoms with Crippen LogP contribution in [0, 0.1) is 0 Å². The van der Waals surface area contributed by atoms with Gasteiger partial charge in [0.05, 0.1) is 5.56 Å². The summed E-state index contributed by atoms with van der Waals surface area (Å²) in [4.78, 5) is 15.7. The van der Waals surface area contributed by atoms with Crippen molar-refractivity contribution in [3.8, 4) is 5.88 Å². The van der Waals surface area contributed by atoms with Crippen LogP contribution in [0.4, 0.5) is 18.0 Å². The molecule has 8 heteroatoms. The van der Waals surface area contributed by atoms with Crippen LogP contribution in [0.15, 0.2) is 18.3 Å². The summed E-state index contributed by atoms with van der Waals surface area (Å²) in [5.74, 6) is 0.195. The van der Waals surface area contributed by atoms with Crippen molar-refractivity contribution in [3.63, 3.8) is 0 Å². The number of nitrogens with one attached hydrogen (secondary N) is 2. The predicted octanol–water partition coefficient (Wildman–Crippen LogP) is 4.28. The summed E-state index contributed by atoms with van der Waals surface area (Å²) >= 11 is 0. The monoisotopic (exact) mass is 373 g/mol. The molecule has 1 heterocycles. The van der Waals surface area contributed by atoms with E-state index < -0.39 is 11.7 Å². The van der Waals surface area contributed by atoms with E-state index in [4.69, 9.17) is 4.74 Å². The lowest BCUT2D eigenvalue weighted by atomic mass is 9.93. The molecule has 0 aliphatic heterocycles. The Kier molecular flexibility index (Phi) is 7.11. The quantitative estimate of drug-likeness (QED) is 0.782. The number of carbonyl (C=O) groups is 1. The maximum Gasteiger partial charge on any atom is 0.417 e. The number of rotatable bonds is 6. The van der Waals surface area contributed by atoms with E-state index in [9.17, 15) is 18.0 Å². The van der Waals surface area contributed by atoms with Crippen LogP contribution >= 0.6 is 0 Å². The third-order valence-corrected chi connectivity index (χ3v) is 4.68. The van der Waals surface area contributed by atoms with Crippen LogP contribution in [0.25, 0.3) is 0 Å². The van der Waals surface area contributed by atoms with Gasteiger partial charge in [0.25, 0.3) is 0 Å². The molecular formula is C18H26F3N3O2. The van der Waals surface area contributed by atoms with E-state index in [-0.39, 0.29) is 30.1 Å². The number of ether oxygens (including phenoxy) is 1. The summed E-state index contributed by atoms with van der Waals surface area (Å²) in [6.45, 7) is 4.07. The number of urea groups is 1. The predicted molar refractivity (Wildman–Crippen MR) is 91.9 cm³/mol. The molecule has 1 aromatic rings. The normalized spacial score (nSPS) is 20.7. The first-order valence-corrected chi connectivity index (χ1v) is 9.08. The van der Waals surface area contributed by atoms with Crippen molar-refractivity contribution in [2.45, 2.75) is 76.7 Å². The first-order chi connectivity index (χ1) is 12.3. The summed E-state index contributed by atoms with van der Waals surface area (Å²) in [6, 6.07) is 2.34. The molecule has 1 aliphatic rings. The number of nitrogens with zero attached hydrogens (tertiary/aromatic N) is 1. The minimum atomic E-state index is -4.40. The van der Waals surface area contributed by atoms with Crippen molar-refractivity contribution in [2.24, 2.45) is 0 Å². The van der Waals surface area contributed by atoms with E-state index in [1.807, 2.05) is 13.8 Å². The average Bonchev–Trinajstić information content (AvgIpc) is 2.61. The number of aromatic nitrogens is 1. The highest BCUT2D eigenvalue weighted by atomic mass is 19.4. The summed E-state index contributed by atoms with van der Waals surface area (Å²) in [6.07, 6.45) is 1.05. The minimum absolute atomic E-state index is 0.0878. The zero-order valence-corrected chi connectivity index (χ0v) is 15.1. The van der Waals surface area contributed by atoms with E-state index in [1.165, 1.54) is 6.07 Å². The number of alkyl halides is 3. The Morgan fingerprint density at radius 2 is 1.88 bits per heavy atom. The molecule has 0 radical (unpaired) electrons. The van der Waals surface area contributed by atoms with Gasteiger partial charge in [0.1, 0.15) is 6.10 Å². The highest BCUT2D eigenvalue weighted by Crippen LogP contribution is 2.30. The molecular weight excluding hydrogens is 347 g/mol. The van der Waals surface area contributed by atoms with Crippen LogP contribution in [0.5, 0.6) is 5.88 Å². The topological polar surface area (TPSA) is 63.2 Å². The molecule has 1 fully saturated rings. The summed E-state index contributed by atoms with van der Waals surface area (Å²) in [5.41, 5.74) is -0.791. The number of pyridine rings is 1. The minimum Gasteiger partial charge on any atom is -0.474 e. The maximum atomic E-state index is 12.5. The van der Waals surface area contributed by atoms with Crippen molar-refractivity contribution in [1.82, 2.24) is 15.6 Å². The van der Waals surface area contributed by atoms with Crippen molar-refractivity contribution in [1.29, 1.82) is 0 Å². The fraction of sp³-hybridized carbons (Fsp3) is 0.667. The van der Waals surface area contributed by atoms with Gasteiger partial charge in [-0.3, -0.25) is 0 Å². The van der Waals surface area contributed by atoms with Crippen LogP contribution in [0.1, 0.15) is 57.9 Å². The molecule has 0 atom stereocenters. The Labute approximate surface area is 151 Å². The molecule has 2 rings (SSSR count). The molecule has 1 saturated carbocycles. The molecule has 1 aliphatic carbocycles. The average molecular weight is 373 g/mol. The molecule has 0 saturated heterocycles. The Morgan fingerprint density at radius 1 is 1.23 bits per heavy atom. The van der Waals surface area contributed by atoms with Gasteiger partial charge in [0, 0.05) is 24.3 Å². The lowest BCUT2D eigenvalue weighted by Crippen LogP contribution is -2.47. The maximum absolute atomic E-state index is 12.5. The van der Waals surface area contributed by atoms with Gasteiger partial charge in [-0.2, -0.15) is 13.2 Å². The Hall–Kier alpha value is -1.99. The van der Waals surface area contributed by atoms with E-state index in [0.717, 1.165) is 50.8 Å². The fourth-order valence-corrected chi connectivity index (χ4v) is 3.02. The second-order valence-electron chi connectivity index (χ2n) is 6.61. The Bertz CT molecular complexity index is 566. The van der Waals surface area contributed by atoms with Crippen LogP contribution < -0.4 is 15.4 Å². The van der Waals surface area contributed by atoms with Crippen molar-refractivity contribution < 1.29 is 22.7 Å². The molecule has 0 bridgehead atoms. The molecule has 1 aromatic heterocycles. The molecule has 2 amide bonds. The van der Waals surface area contributed by atoms with Crippen LogP contribution in [0.3, 0.4) is 0 Å². The van der Waals surface area contributed by atoms with Gasteiger partial charge in [-0.1, -0.05) is 13.8 Å². The third kappa shape index (κ3) is 6.07. The van der Waals surface area contributed by atoms with Crippen molar-refractivity contribution >= 4 is 6.03 Å². The van der Waals surface area contributed by atoms with Crippen molar-refractivity contribution in [3.05, 3.63) is 23.9 Å². The highest BCUT2D eigenvalue weighted by Gasteiger charge is 2.31. The van der Waals surface area contributed by atoms with Gasteiger partial charge in [-0.05, 0) is 44.6 Å². The molecule has 0 unspecified atom stereocenters. The van der Waals surface area contributed by atoms with Gasteiger partial charge < -0.3 is 15.4 Å². The van der Waals surface area contributed by atoms with E-state index in [1.54, 1.807) is 0 Å². The third-order valence-electron chi connectivity index (χ3n) is 4.68. The van der Waals surface area contributed by atoms with Crippen molar-refractivity contribution in [2.75, 3.05) is 0 Å². The summed E-state index contributed by atoms with van der Waals surface area (Å²) in [7, 11) is 0. The molecule has 0 aromatic carbocycles. The van der Waals surface area contributed by atoms with Gasteiger partial charge in [-0.15, -0.1) is 0 Å². The van der Waals surface area contributed by atoms with E-state index in [0.29, 0.717) is 0 Å². The highest BCUT2D eigenvalue weighted by molar-refractivity contribution is 5.74. The van der Waals surface area contributed by atoms with Gasteiger partial charge in [0.15, 0.2) is 0 Å². The van der Waals surface area contributed by atoms with Crippen LogP contribution in [0.2, 0.25) is 0 Å². The van der Waals surface area contributed by atoms with Crippen LogP contribution in [-0.2, 0) is 6.18 Å². The molecule has 146 valence electrons. The number of halogens is 3. The number of amides is 2. The first-order valence-electron chi connectivity index (χ1n) is 9.08. The standard InChI is InChI=1S/C18H26F3N3O2/c1-3-13(4-2)23-17(25)24-14-6-8-15(9-7-14)26-16-10-5-12(11-22-16)18(19,20)21/h5,10-11,13-15H,3-4,6-9H2,1-2H3,(H2,23,24,25). The summed E-state index contributed by atoms with van der Waals surface area (Å²) in [5, 5.41) is 5.93. The fourth-order valence-electron chi connectivity index (χ4n) is 3.02. The number of hydrogen-bond donors (Lipinski definition) is 2. The molecule has 0 spiro atoms. The zero-order valence-electron chi connectivity index (χ0n) is 15.1. The molecule has 2 N–H and O–H groups in total. The number of carbonyl (C=O) groups excluding carboxylic acids is 1. The lowest BCUT2D eigenvalue weighted by molar-refractivity contribution is -0.137. The second kappa shape index (κ2) is 9.09. The Morgan fingerprint density at radius 3 is 2.38 bits per heavy atom. The Balaban J connectivity index is 1.75. The smallest absolute Gasteiger partial charge is 0.417 e. The zero-order chi connectivity index (χ0) is 19.2. The van der Waals surface area contributed by atoms with Crippen LogP contribution in [-0.4, -0.2) is 29.2 Å². The number of hydrogen-bond acceptors (Lipinski definition) is 3. The first kappa shape index (κ1) is 20.3. The largest absolute Gasteiger partial charge is 0.474 e. The van der Waals surface area contributed by atoms with Gasteiger partial charge in [0.2, 0.25) is 5.88 Å². The van der Waals surface area contributed by atoms with E-state index >= 15 is 0 Å². The van der Waals surface area contributed by atoms with Gasteiger partial charge >= 0.3 is 12.2 Å². The SMILES string of the molecule is CCC(CC)NC(=O)NC1CCC(Oc2ccc(C(F)(F)F)cn2)CC1. The van der Waals surface area contributed by atoms with E-state index in [2.05, 4.69) is 15.6 Å².